The number of thiazole rings is 1. The maximum absolute atomic E-state index is 12.3. The van der Waals surface area contributed by atoms with Gasteiger partial charge in [0.1, 0.15) is 10.8 Å². The van der Waals surface area contributed by atoms with Crippen LogP contribution in [0.3, 0.4) is 0 Å². The van der Waals surface area contributed by atoms with Gasteiger partial charge >= 0.3 is 12.3 Å². The van der Waals surface area contributed by atoms with Gasteiger partial charge in [0.25, 0.3) is 0 Å². The van der Waals surface area contributed by atoms with Crippen molar-refractivity contribution in [1.82, 2.24) is 21.0 Å². The zero-order valence-corrected chi connectivity index (χ0v) is 18.9. The molecule has 1 aliphatic carbocycles. The van der Waals surface area contributed by atoms with Crippen molar-refractivity contribution >= 4 is 29.2 Å². The Labute approximate surface area is 188 Å². The minimum Gasteiger partial charge on any atom is -0.449 e. The first-order chi connectivity index (χ1) is 15.0. The lowest BCUT2D eigenvalue weighted by atomic mass is 9.82. The van der Waals surface area contributed by atoms with Gasteiger partial charge in [0.2, 0.25) is 5.91 Å². The predicted molar refractivity (Wildman–Crippen MR) is 113 cm³/mol. The van der Waals surface area contributed by atoms with E-state index in [1.807, 2.05) is 6.92 Å². The number of nitrogens with zero attached hydrogens (tertiary/aromatic N) is 2. The first-order valence-electron chi connectivity index (χ1n) is 10.5. The van der Waals surface area contributed by atoms with Gasteiger partial charge in [0, 0.05) is 24.0 Å². The number of rotatable bonds is 7. The van der Waals surface area contributed by atoms with Crippen molar-refractivity contribution in [3.05, 3.63) is 16.1 Å². The lowest BCUT2D eigenvalue weighted by Gasteiger charge is -2.31. The maximum atomic E-state index is 12.3. The van der Waals surface area contributed by atoms with E-state index in [4.69, 9.17) is 4.74 Å². The Morgan fingerprint density at radius 2 is 2.16 bits per heavy atom. The van der Waals surface area contributed by atoms with E-state index in [0.717, 1.165) is 29.1 Å². The van der Waals surface area contributed by atoms with E-state index in [1.54, 1.807) is 6.20 Å². The van der Waals surface area contributed by atoms with Crippen molar-refractivity contribution in [3.8, 4) is 0 Å². The van der Waals surface area contributed by atoms with Crippen molar-refractivity contribution in [2.24, 2.45) is 16.9 Å². The van der Waals surface area contributed by atoms with Crippen molar-refractivity contribution in [2.75, 3.05) is 13.2 Å². The summed E-state index contributed by atoms with van der Waals surface area (Å²) in [5.74, 6) is 0.843. The van der Waals surface area contributed by atoms with E-state index in [2.05, 4.69) is 33.1 Å². The number of hydrazone groups is 1. The molecule has 0 spiro atoms. The van der Waals surface area contributed by atoms with Gasteiger partial charge in [-0.2, -0.15) is 18.3 Å². The number of aromatic nitrogens is 1. The molecular weight excluding hydrogens is 447 g/mol. The molecule has 12 heteroatoms. The average Bonchev–Trinajstić information content (AvgIpc) is 3.40. The highest BCUT2D eigenvalue weighted by atomic mass is 32.1. The second-order valence-electron chi connectivity index (χ2n) is 8.62. The Bertz CT molecular complexity index is 860. The Hall–Kier alpha value is -2.37. The van der Waals surface area contributed by atoms with Crippen molar-refractivity contribution < 1.29 is 27.5 Å². The molecule has 3 N–H and O–H groups in total. The summed E-state index contributed by atoms with van der Waals surface area (Å²) >= 11 is 1.49. The van der Waals surface area contributed by atoms with E-state index in [1.165, 1.54) is 11.3 Å². The Balaban J connectivity index is 1.37. The number of hydrogen-bond acceptors (Lipinski definition) is 7. The molecule has 2 heterocycles. The van der Waals surface area contributed by atoms with Gasteiger partial charge in [-0.05, 0) is 44.9 Å². The molecule has 1 aromatic heterocycles. The smallest absolute Gasteiger partial charge is 0.407 e. The first kappa shape index (κ1) is 24.3. The Morgan fingerprint density at radius 3 is 2.84 bits per heavy atom. The van der Waals surface area contributed by atoms with Crippen LogP contribution in [0.25, 0.3) is 0 Å². The van der Waals surface area contributed by atoms with Gasteiger partial charge < -0.3 is 20.8 Å². The number of ether oxygens (including phenoxy) is 1. The van der Waals surface area contributed by atoms with Gasteiger partial charge in [-0.15, -0.1) is 11.3 Å². The first-order valence-corrected chi connectivity index (χ1v) is 11.4. The van der Waals surface area contributed by atoms with E-state index < -0.39 is 25.2 Å². The number of hydrogen-bond donors (Lipinski definition) is 3. The predicted octanol–water partition coefficient (Wildman–Crippen LogP) is 3.27. The standard InChI is InChI=1S/C20H28F3N5O3S/c1-12-10-25-17(32-12)8-16(29)26-15-9-19(2,28-27-15)14-4-3-13(7-14)11-31-18(30)24-6-5-20(21,22)23/h10,13-14,28H,3-9,11H2,1-2H3,(H,24,30)(H,26,27,29)/t13?,14-,19?/m0/s1. The molecule has 0 bridgehead atoms. The van der Waals surface area contributed by atoms with Crippen LogP contribution in [0.15, 0.2) is 11.3 Å². The molecule has 178 valence electrons. The van der Waals surface area contributed by atoms with Crippen LogP contribution in [0, 0.1) is 18.8 Å². The monoisotopic (exact) mass is 475 g/mol. The lowest BCUT2D eigenvalue weighted by Crippen LogP contribution is -2.43. The van der Waals surface area contributed by atoms with Crippen LogP contribution in [-0.2, 0) is 16.0 Å². The highest BCUT2D eigenvalue weighted by Crippen LogP contribution is 2.41. The van der Waals surface area contributed by atoms with Crippen molar-refractivity contribution in [3.63, 3.8) is 0 Å². The summed E-state index contributed by atoms with van der Waals surface area (Å²) in [6.07, 6.45) is -1.14. The van der Waals surface area contributed by atoms with E-state index >= 15 is 0 Å². The van der Waals surface area contributed by atoms with Gasteiger partial charge in [-0.3, -0.25) is 4.79 Å². The highest BCUT2D eigenvalue weighted by molar-refractivity contribution is 7.11. The zero-order valence-electron chi connectivity index (χ0n) is 18.1. The molecule has 8 nitrogen and oxygen atoms in total. The molecule has 32 heavy (non-hydrogen) atoms. The van der Waals surface area contributed by atoms with Crippen LogP contribution in [0.4, 0.5) is 18.0 Å². The summed E-state index contributed by atoms with van der Waals surface area (Å²) < 4.78 is 41.5. The molecule has 3 atom stereocenters. The number of amides is 2. The quantitative estimate of drug-likeness (QED) is 0.562. The number of carbonyl (C=O) groups excluding carboxylic acids is 2. The normalized spacial score (nSPS) is 25.2. The summed E-state index contributed by atoms with van der Waals surface area (Å²) in [5.41, 5.74) is 2.84. The van der Waals surface area contributed by atoms with Crippen molar-refractivity contribution in [1.29, 1.82) is 0 Å². The third kappa shape index (κ3) is 7.07. The SMILES string of the molecule is Cc1cnc(CC(=O)NC2=NNC(C)([C@H]3CCC(COC(=O)NCCC(F)(F)F)C3)C2)s1. The van der Waals surface area contributed by atoms with Crippen LogP contribution in [0.2, 0.25) is 0 Å². The molecule has 2 unspecified atom stereocenters. The molecule has 0 saturated heterocycles. The lowest BCUT2D eigenvalue weighted by molar-refractivity contribution is -0.133. The highest BCUT2D eigenvalue weighted by Gasteiger charge is 2.43. The third-order valence-electron chi connectivity index (χ3n) is 5.82. The molecule has 1 saturated carbocycles. The molecule has 2 aliphatic rings. The number of alkyl carbamates (subject to hydrolysis) is 1. The summed E-state index contributed by atoms with van der Waals surface area (Å²) in [5, 5.41) is 10.0. The molecular formula is C20H28F3N5O3S. The summed E-state index contributed by atoms with van der Waals surface area (Å²) in [4.78, 5) is 29.1. The minimum absolute atomic E-state index is 0.138. The third-order valence-corrected chi connectivity index (χ3v) is 6.73. The van der Waals surface area contributed by atoms with Gasteiger partial charge in [-0.1, -0.05) is 0 Å². The molecule has 1 fully saturated rings. The molecule has 1 aromatic rings. The fraction of sp³-hybridized carbons (Fsp3) is 0.700. The van der Waals surface area contributed by atoms with E-state index in [9.17, 15) is 22.8 Å². The second kappa shape index (κ2) is 10.1. The fourth-order valence-electron chi connectivity index (χ4n) is 4.11. The molecule has 0 radical (unpaired) electrons. The number of halogens is 3. The number of amidine groups is 1. The second-order valence-corrected chi connectivity index (χ2v) is 9.94. The van der Waals surface area contributed by atoms with Crippen LogP contribution >= 0.6 is 11.3 Å². The van der Waals surface area contributed by atoms with Gasteiger partial charge in [0.05, 0.1) is 25.0 Å². The number of nitrogens with one attached hydrogen (secondary N) is 3. The maximum Gasteiger partial charge on any atom is 0.407 e. The Kier molecular flexibility index (Phi) is 7.63. The Morgan fingerprint density at radius 1 is 1.38 bits per heavy atom. The largest absolute Gasteiger partial charge is 0.449 e. The number of alkyl halides is 3. The average molecular weight is 476 g/mol. The van der Waals surface area contributed by atoms with Crippen LogP contribution in [0.5, 0.6) is 0 Å². The minimum atomic E-state index is -4.31. The molecule has 1 aliphatic heterocycles. The van der Waals surface area contributed by atoms with Gasteiger partial charge in [0.15, 0.2) is 0 Å². The zero-order chi connectivity index (χ0) is 23.4. The topological polar surface area (TPSA) is 105 Å². The van der Waals surface area contributed by atoms with E-state index in [0.29, 0.717) is 12.3 Å². The summed E-state index contributed by atoms with van der Waals surface area (Å²) in [6.45, 7) is 3.67. The van der Waals surface area contributed by atoms with Crippen LogP contribution in [-0.4, -0.2) is 47.7 Å². The summed E-state index contributed by atoms with van der Waals surface area (Å²) in [6, 6.07) is 0. The molecule has 0 aromatic carbocycles. The van der Waals surface area contributed by atoms with Crippen LogP contribution < -0.4 is 16.1 Å². The van der Waals surface area contributed by atoms with Gasteiger partial charge in [-0.25, -0.2) is 9.78 Å². The fourth-order valence-corrected chi connectivity index (χ4v) is 4.90. The molecule has 3 rings (SSSR count). The van der Waals surface area contributed by atoms with E-state index in [-0.39, 0.29) is 36.3 Å². The molecule has 2 amide bonds. The van der Waals surface area contributed by atoms with Crippen molar-refractivity contribution in [2.45, 2.75) is 64.1 Å². The number of carbonyl (C=O) groups is 2. The number of aryl methyl sites for hydroxylation is 1. The van der Waals surface area contributed by atoms with Crippen LogP contribution in [0.1, 0.15) is 48.9 Å². The summed E-state index contributed by atoms with van der Waals surface area (Å²) in [7, 11) is 0.